The summed E-state index contributed by atoms with van der Waals surface area (Å²) >= 11 is 3.15. The zero-order valence-corrected chi connectivity index (χ0v) is 14.0. The number of hydrogen-bond donors (Lipinski definition) is 1. The Bertz CT molecular complexity index is 557. The Morgan fingerprint density at radius 1 is 1.25 bits per heavy atom. The Morgan fingerprint density at radius 2 is 1.80 bits per heavy atom. The first kappa shape index (κ1) is 17.6. The van der Waals surface area contributed by atoms with E-state index < -0.39 is 27.3 Å². The van der Waals surface area contributed by atoms with Crippen molar-refractivity contribution < 1.29 is 17.9 Å². The van der Waals surface area contributed by atoms with Gasteiger partial charge in [0.1, 0.15) is 10.7 Å². The molecule has 0 spiro atoms. The molecule has 0 unspecified atom stereocenters. The van der Waals surface area contributed by atoms with Crippen LogP contribution in [-0.2, 0) is 16.6 Å². The van der Waals surface area contributed by atoms with Gasteiger partial charge in [-0.3, -0.25) is 0 Å². The molecule has 114 valence electrons. The van der Waals surface area contributed by atoms with Crippen molar-refractivity contribution in [2.24, 2.45) is 0 Å². The molecule has 0 saturated heterocycles. The average molecular weight is 368 g/mol. The predicted molar refractivity (Wildman–Crippen MR) is 79.4 cm³/mol. The SMILES string of the molecule is CCCN(CCC)S(=O)(=O)c1cc(Br)cc(CO)c1F. The highest BCUT2D eigenvalue weighted by atomic mass is 79.9. The predicted octanol–water partition coefficient (Wildman–Crippen LogP) is 2.89. The number of aliphatic hydroxyl groups excluding tert-OH is 1. The summed E-state index contributed by atoms with van der Waals surface area (Å²) in [5, 5.41) is 9.11. The fourth-order valence-corrected chi connectivity index (χ4v) is 4.33. The molecule has 0 aliphatic carbocycles. The van der Waals surface area contributed by atoms with Crippen LogP contribution in [0.3, 0.4) is 0 Å². The van der Waals surface area contributed by atoms with Gasteiger partial charge < -0.3 is 5.11 Å². The lowest BCUT2D eigenvalue weighted by molar-refractivity contribution is 0.274. The molecule has 1 N–H and O–H groups in total. The highest BCUT2D eigenvalue weighted by molar-refractivity contribution is 9.10. The van der Waals surface area contributed by atoms with E-state index in [1.54, 1.807) is 0 Å². The van der Waals surface area contributed by atoms with Gasteiger partial charge in [-0.2, -0.15) is 4.31 Å². The molecular formula is C13H19BrFNO3S. The molecule has 0 aliphatic rings. The van der Waals surface area contributed by atoms with Crippen LogP contribution in [0.4, 0.5) is 4.39 Å². The van der Waals surface area contributed by atoms with Crippen LogP contribution in [0.15, 0.2) is 21.5 Å². The van der Waals surface area contributed by atoms with Crippen LogP contribution < -0.4 is 0 Å². The number of nitrogens with zero attached hydrogens (tertiary/aromatic N) is 1. The first-order valence-electron chi connectivity index (χ1n) is 6.47. The van der Waals surface area contributed by atoms with Crippen molar-refractivity contribution in [2.75, 3.05) is 13.1 Å². The van der Waals surface area contributed by atoms with Crippen molar-refractivity contribution in [3.05, 3.63) is 28.0 Å². The molecule has 0 aliphatic heterocycles. The summed E-state index contributed by atoms with van der Waals surface area (Å²) in [7, 11) is -3.89. The molecule has 0 atom stereocenters. The normalized spacial score (nSPS) is 12.1. The van der Waals surface area contributed by atoms with E-state index in [1.807, 2.05) is 13.8 Å². The highest BCUT2D eigenvalue weighted by Crippen LogP contribution is 2.27. The molecule has 20 heavy (non-hydrogen) atoms. The highest BCUT2D eigenvalue weighted by Gasteiger charge is 2.28. The smallest absolute Gasteiger partial charge is 0.246 e. The third-order valence-electron chi connectivity index (χ3n) is 2.81. The van der Waals surface area contributed by atoms with Crippen molar-refractivity contribution in [1.82, 2.24) is 4.31 Å². The minimum atomic E-state index is -3.89. The molecule has 1 aromatic carbocycles. The fraction of sp³-hybridized carbons (Fsp3) is 0.538. The Hall–Kier alpha value is -0.500. The number of aliphatic hydroxyl groups is 1. The topological polar surface area (TPSA) is 57.6 Å². The molecular weight excluding hydrogens is 349 g/mol. The van der Waals surface area contributed by atoms with Crippen molar-refractivity contribution in [1.29, 1.82) is 0 Å². The second-order valence-corrected chi connectivity index (χ2v) is 7.26. The van der Waals surface area contributed by atoms with Gasteiger partial charge in [-0.25, -0.2) is 12.8 Å². The molecule has 0 bridgehead atoms. The maximum atomic E-state index is 14.2. The van der Waals surface area contributed by atoms with Crippen molar-refractivity contribution in [3.8, 4) is 0 Å². The van der Waals surface area contributed by atoms with Gasteiger partial charge >= 0.3 is 0 Å². The fourth-order valence-electron chi connectivity index (χ4n) is 1.91. The molecule has 1 rings (SSSR count). The first-order chi connectivity index (χ1) is 9.38. The monoisotopic (exact) mass is 367 g/mol. The number of halogens is 2. The van der Waals surface area contributed by atoms with E-state index in [2.05, 4.69) is 15.9 Å². The molecule has 1 aromatic rings. The Balaban J connectivity index is 3.36. The zero-order chi connectivity index (χ0) is 15.3. The molecule has 0 heterocycles. The van der Waals surface area contributed by atoms with E-state index in [4.69, 9.17) is 5.11 Å². The largest absolute Gasteiger partial charge is 0.392 e. The Kier molecular flexibility index (Phi) is 6.57. The van der Waals surface area contributed by atoms with Crippen LogP contribution in [0.25, 0.3) is 0 Å². The molecule has 0 saturated carbocycles. The van der Waals surface area contributed by atoms with E-state index in [-0.39, 0.29) is 5.56 Å². The van der Waals surface area contributed by atoms with Crippen LogP contribution >= 0.6 is 15.9 Å². The van der Waals surface area contributed by atoms with Gasteiger partial charge in [0, 0.05) is 23.1 Å². The maximum Gasteiger partial charge on any atom is 0.246 e. The second-order valence-electron chi connectivity index (χ2n) is 4.44. The van der Waals surface area contributed by atoms with Crippen molar-refractivity contribution in [3.63, 3.8) is 0 Å². The van der Waals surface area contributed by atoms with Gasteiger partial charge in [0.2, 0.25) is 10.0 Å². The Labute approximate surface area is 127 Å². The standard InChI is InChI=1S/C13H19BrFNO3S/c1-3-5-16(6-4-2)20(18,19)12-8-11(14)7-10(9-17)13(12)15/h7-8,17H,3-6,9H2,1-2H3. The summed E-state index contributed by atoms with van der Waals surface area (Å²) in [6.45, 7) is 3.88. The quantitative estimate of drug-likeness (QED) is 0.805. The first-order valence-corrected chi connectivity index (χ1v) is 8.70. The molecule has 7 heteroatoms. The Morgan fingerprint density at radius 3 is 2.25 bits per heavy atom. The van der Waals surface area contributed by atoms with Crippen LogP contribution in [0.2, 0.25) is 0 Å². The van der Waals surface area contributed by atoms with Gasteiger partial charge in [-0.1, -0.05) is 29.8 Å². The van der Waals surface area contributed by atoms with E-state index in [1.165, 1.54) is 16.4 Å². The van der Waals surface area contributed by atoms with Crippen LogP contribution in [0.5, 0.6) is 0 Å². The van der Waals surface area contributed by atoms with E-state index in [0.717, 1.165) is 0 Å². The van der Waals surface area contributed by atoms with Gasteiger partial charge in [0.15, 0.2) is 0 Å². The molecule has 4 nitrogen and oxygen atoms in total. The summed E-state index contributed by atoms with van der Waals surface area (Å²) in [4.78, 5) is -0.391. The average Bonchev–Trinajstić information content (AvgIpc) is 2.40. The maximum absolute atomic E-state index is 14.2. The lowest BCUT2D eigenvalue weighted by Crippen LogP contribution is -2.33. The van der Waals surface area contributed by atoms with Gasteiger partial charge in [-0.15, -0.1) is 0 Å². The van der Waals surface area contributed by atoms with Crippen molar-refractivity contribution >= 4 is 26.0 Å². The van der Waals surface area contributed by atoms with Gasteiger partial charge in [0.05, 0.1) is 6.61 Å². The van der Waals surface area contributed by atoms with E-state index >= 15 is 0 Å². The number of rotatable bonds is 7. The van der Waals surface area contributed by atoms with Crippen molar-refractivity contribution in [2.45, 2.75) is 38.2 Å². The lowest BCUT2D eigenvalue weighted by Gasteiger charge is -2.22. The molecule has 0 amide bonds. The number of benzene rings is 1. The third kappa shape index (κ3) is 3.78. The van der Waals surface area contributed by atoms with E-state index in [0.29, 0.717) is 30.4 Å². The summed E-state index contributed by atoms with van der Waals surface area (Å²) < 4.78 is 41.0. The summed E-state index contributed by atoms with van der Waals surface area (Å²) in [6, 6.07) is 2.61. The molecule has 0 radical (unpaired) electrons. The summed E-state index contributed by atoms with van der Waals surface area (Å²) in [5.41, 5.74) is -0.0362. The third-order valence-corrected chi connectivity index (χ3v) is 5.17. The van der Waals surface area contributed by atoms with Crippen LogP contribution in [0, 0.1) is 5.82 Å². The zero-order valence-electron chi connectivity index (χ0n) is 11.6. The molecule has 0 aromatic heterocycles. The summed E-state index contributed by atoms with van der Waals surface area (Å²) in [6.07, 6.45) is 1.31. The lowest BCUT2D eigenvalue weighted by atomic mass is 10.2. The van der Waals surface area contributed by atoms with Crippen LogP contribution in [0.1, 0.15) is 32.3 Å². The van der Waals surface area contributed by atoms with Gasteiger partial charge in [-0.05, 0) is 25.0 Å². The van der Waals surface area contributed by atoms with Gasteiger partial charge in [0.25, 0.3) is 0 Å². The van der Waals surface area contributed by atoms with Crippen LogP contribution in [-0.4, -0.2) is 30.9 Å². The molecule has 0 fully saturated rings. The minimum Gasteiger partial charge on any atom is -0.392 e. The number of sulfonamides is 1. The second kappa shape index (κ2) is 7.49. The minimum absolute atomic E-state index is 0.0362. The number of hydrogen-bond acceptors (Lipinski definition) is 3. The summed E-state index contributed by atoms with van der Waals surface area (Å²) in [5.74, 6) is -0.882. The van der Waals surface area contributed by atoms with E-state index in [9.17, 15) is 12.8 Å².